The lowest BCUT2D eigenvalue weighted by Gasteiger charge is -2.10. The fraction of sp³-hybridized carbons (Fsp3) is 0.250. The molecule has 1 aromatic heterocycles. The Morgan fingerprint density at radius 2 is 1.77 bits per heavy atom. The molecule has 0 fully saturated rings. The van der Waals surface area contributed by atoms with E-state index in [1.54, 1.807) is 18.2 Å². The zero-order chi connectivity index (χ0) is 18.1. The number of nitrogens with zero attached hydrogens (tertiary/aromatic N) is 2. The van der Waals surface area contributed by atoms with E-state index in [4.69, 9.17) is 28.3 Å². The topological polar surface area (TPSA) is 29.9 Å². The number of rotatable bonds is 3. The molecule has 3 nitrogen and oxygen atoms in total. The van der Waals surface area contributed by atoms with E-state index in [1.807, 2.05) is 16.8 Å². The summed E-state index contributed by atoms with van der Waals surface area (Å²) in [5, 5.41) is 9.50. The monoisotopic (exact) mass is 389 g/mol. The molecule has 134 valence electrons. The number of halogens is 3. The number of nitrogens with one attached hydrogen (secondary N) is 1. The van der Waals surface area contributed by atoms with Gasteiger partial charge in [0.15, 0.2) is 0 Å². The van der Waals surface area contributed by atoms with E-state index in [0.717, 1.165) is 48.6 Å². The lowest BCUT2D eigenvalue weighted by atomic mass is 10.0. The average Bonchev–Trinajstić information content (AvgIpc) is 2.78. The summed E-state index contributed by atoms with van der Waals surface area (Å²) in [6, 6.07) is 12.0. The molecule has 0 saturated carbocycles. The molecule has 6 heteroatoms. The number of aromatic nitrogens is 2. The lowest BCUT2D eigenvalue weighted by molar-refractivity contribution is 0.627. The average molecular weight is 390 g/mol. The summed E-state index contributed by atoms with van der Waals surface area (Å²) in [4.78, 5) is 0. The first-order valence-electron chi connectivity index (χ1n) is 8.66. The molecule has 2 heterocycles. The van der Waals surface area contributed by atoms with Gasteiger partial charge in [-0.05, 0) is 55.2 Å². The number of hydrogen-bond acceptors (Lipinski definition) is 2. The minimum absolute atomic E-state index is 0.228. The van der Waals surface area contributed by atoms with Crippen molar-refractivity contribution in [3.63, 3.8) is 0 Å². The Balaban J connectivity index is 1.79. The molecule has 26 heavy (non-hydrogen) atoms. The van der Waals surface area contributed by atoms with Crippen LogP contribution in [0.15, 0.2) is 42.5 Å². The summed E-state index contributed by atoms with van der Waals surface area (Å²) in [6.45, 7) is 0.906. The van der Waals surface area contributed by atoms with Crippen LogP contribution in [0.4, 0.5) is 10.2 Å². The standard InChI is InChI=1S/C20H18Cl2FN3/c21-14-10-15(22)12-17(11-14)26-20-18(3-1-2-8-24-20)19(25-26)9-13-4-6-16(23)7-5-13/h4-7,10-12,24H,1-3,8-9H2. The molecule has 0 aliphatic carbocycles. The molecule has 0 unspecified atom stereocenters. The smallest absolute Gasteiger partial charge is 0.133 e. The highest BCUT2D eigenvalue weighted by molar-refractivity contribution is 6.34. The molecular weight excluding hydrogens is 372 g/mol. The minimum Gasteiger partial charge on any atom is -0.370 e. The van der Waals surface area contributed by atoms with Crippen molar-refractivity contribution in [1.29, 1.82) is 0 Å². The van der Waals surface area contributed by atoms with E-state index in [2.05, 4.69) is 5.32 Å². The predicted molar refractivity (Wildman–Crippen MR) is 104 cm³/mol. The van der Waals surface area contributed by atoms with Gasteiger partial charge in [0.1, 0.15) is 11.6 Å². The highest BCUT2D eigenvalue weighted by atomic mass is 35.5. The van der Waals surface area contributed by atoms with Gasteiger partial charge >= 0.3 is 0 Å². The van der Waals surface area contributed by atoms with Crippen LogP contribution in [0.25, 0.3) is 5.69 Å². The Labute approximate surface area is 161 Å². The zero-order valence-corrected chi connectivity index (χ0v) is 15.6. The molecule has 0 radical (unpaired) electrons. The third-order valence-corrected chi connectivity index (χ3v) is 5.03. The highest BCUT2D eigenvalue weighted by Gasteiger charge is 2.21. The maximum absolute atomic E-state index is 13.2. The largest absolute Gasteiger partial charge is 0.370 e. The Hall–Kier alpha value is -2.04. The zero-order valence-electron chi connectivity index (χ0n) is 14.1. The van der Waals surface area contributed by atoms with Gasteiger partial charge in [-0.1, -0.05) is 35.3 Å². The molecule has 3 aromatic rings. The maximum Gasteiger partial charge on any atom is 0.133 e. The maximum atomic E-state index is 13.2. The van der Waals surface area contributed by atoms with Crippen LogP contribution < -0.4 is 5.32 Å². The van der Waals surface area contributed by atoms with Gasteiger partial charge in [-0.25, -0.2) is 9.07 Å². The molecule has 0 amide bonds. The molecule has 0 atom stereocenters. The number of hydrogen-bond donors (Lipinski definition) is 1. The van der Waals surface area contributed by atoms with Crippen molar-refractivity contribution >= 4 is 29.0 Å². The van der Waals surface area contributed by atoms with Crippen molar-refractivity contribution in [1.82, 2.24) is 9.78 Å². The second-order valence-electron chi connectivity index (χ2n) is 6.50. The summed E-state index contributed by atoms with van der Waals surface area (Å²) >= 11 is 12.4. The van der Waals surface area contributed by atoms with Crippen LogP contribution in [0.1, 0.15) is 29.7 Å². The van der Waals surface area contributed by atoms with E-state index < -0.39 is 0 Å². The third kappa shape index (κ3) is 3.57. The molecule has 4 rings (SSSR count). The molecule has 1 aliphatic rings. The van der Waals surface area contributed by atoms with Crippen LogP contribution in [0, 0.1) is 5.82 Å². The summed E-state index contributed by atoms with van der Waals surface area (Å²) < 4.78 is 15.1. The first kappa shape index (κ1) is 17.4. The van der Waals surface area contributed by atoms with Gasteiger partial charge in [0, 0.05) is 28.6 Å². The van der Waals surface area contributed by atoms with Crippen LogP contribution >= 0.6 is 23.2 Å². The van der Waals surface area contributed by atoms with Crippen molar-refractivity contribution < 1.29 is 4.39 Å². The molecule has 0 saturated heterocycles. The number of benzene rings is 2. The first-order chi connectivity index (χ1) is 12.6. The molecule has 1 aliphatic heterocycles. The van der Waals surface area contributed by atoms with Crippen molar-refractivity contribution in [2.24, 2.45) is 0 Å². The molecule has 1 N–H and O–H groups in total. The van der Waals surface area contributed by atoms with Gasteiger partial charge in [-0.2, -0.15) is 5.10 Å². The van der Waals surface area contributed by atoms with Crippen molar-refractivity contribution in [3.8, 4) is 5.69 Å². The Bertz CT molecular complexity index is 915. The summed E-state index contributed by atoms with van der Waals surface area (Å²) in [5.74, 6) is 0.770. The molecular formula is C20H18Cl2FN3. The van der Waals surface area contributed by atoms with Gasteiger partial charge in [0.2, 0.25) is 0 Å². The lowest BCUT2D eigenvalue weighted by Crippen LogP contribution is -2.07. The van der Waals surface area contributed by atoms with Gasteiger partial charge in [-0.15, -0.1) is 0 Å². The van der Waals surface area contributed by atoms with E-state index in [-0.39, 0.29) is 5.82 Å². The van der Waals surface area contributed by atoms with Crippen LogP contribution in [0.2, 0.25) is 10.0 Å². The summed E-state index contributed by atoms with van der Waals surface area (Å²) in [7, 11) is 0. The first-order valence-corrected chi connectivity index (χ1v) is 9.41. The fourth-order valence-electron chi connectivity index (χ4n) is 3.36. The van der Waals surface area contributed by atoms with Crippen LogP contribution in [0.5, 0.6) is 0 Å². The molecule has 2 aromatic carbocycles. The van der Waals surface area contributed by atoms with E-state index in [9.17, 15) is 4.39 Å². The SMILES string of the molecule is Fc1ccc(Cc2nn(-c3cc(Cl)cc(Cl)c3)c3c2CCCCN3)cc1. The normalized spacial score (nSPS) is 13.8. The van der Waals surface area contributed by atoms with E-state index in [1.165, 1.54) is 17.7 Å². The van der Waals surface area contributed by atoms with Crippen molar-refractivity contribution in [3.05, 3.63) is 75.1 Å². The number of anilines is 1. The van der Waals surface area contributed by atoms with Crippen LogP contribution in [-0.2, 0) is 12.8 Å². The quantitative estimate of drug-likeness (QED) is 0.626. The van der Waals surface area contributed by atoms with Gasteiger partial charge in [-0.3, -0.25) is 0 Å². The van der Waals surface area contributed by atoms with Crippen LogP contribution in [-0.4, -0.2) is 16.3 Å². The Morgan fingerprint density at radius 3 is 2.50 bits per heavy atom. The Morgan fingerprint density at radius 1 is 1.04 bits per heavy atom. The predicted octanol–water partition coefficient (Wildman–Crippen LogP) is 5.66. The van der Waals surface area contributed by atoms with Crippen molar-refractivity contribution in [2.75, 3.05) is 11.9 Å². The third-order valence-electron chi connectivity index (χ3n) is 4.59. The second-order valence-corrected chi connectivity index (χ2v) is 7.37. The molecule has 0 spiro atoms. The summed E-state index contributed by atoms with van der Waals surface area (Å²) in [5.41, 5.74) is 4.07. The second kappa shape index (κ2) is 7.29. The van der Waals surface area contributed by atoms with Gasteiger partial charge in [0.25, 0.3) is 0 Å². The molecule has 0 bridgehead atoms. The van der Waals surface area contributed by atoms with E-state index in [0.29, 0.717) is 16.5 Å². The highest BCUT2D eigenvalue weighted by Crippen LogP contribution is 2.31. The minimum atomic E-state index is -0.228. The van der Waals surface area contributed by atoms with Crippen LogP contribution in [0.3, 0.4) is 0 Å². The van der Waals surface area contributed by atoms with E-state index >= 15 is 0 Å². The Kier molecular flexibility index (Phi) is 4.88. The van der Waals surface area contributed by atoms with Gasteiger partial charge < -0.3 is 5.32 Å². The van der Waals surface area contributed by atoms with Gasteiger partial charge in [0.05, 0.1) is 11.4 Å². The fourth-order valence-corrected chi connectivity index (χ4v) is 3.87. The number of fused-ring (bicyclic) bond motifs is 1. The summed E-state index contributed by atoms with van der Waals surface area (Å²) in [6.07, 6.45) is 3.85. The van der Waals surface area contributed by atoms with Crippen molar-refractivity contribution in [2.45, 2.75) is 25.7 Å².